The summed E-state index contributed by atoms with van der Waals surface area (Å²) in [6.45, 7) is -0.234. The van der Waals surface area contributed by atoms with Crippen molar-refractivity contribution in [3.63, 3.8) is 0 Å². The molecule has 92 valence electrons. The minimum atomic E-state index is -4.15. The molecule has 2 saturated carbocycles. The summed E-state index contributed by atoms with van der Waals surface area (Å²) in [4.78, 5) is 3.81. The van der Waals surface area contributed by atoms with Gasteiger partial charge in [0.2, 0.25) is 0 Å². The molecule has 0 saturated heterocycles. The molecule has 6 heteroatoms. The highest BCUT2D eigenvalue weighted by atomic mass is 19.4. The Bertz CT molecular complexity index is 290. The van der Waals surface area contributed by atoms with E-state index >= 15 is 0 Å². The average Bonchev–Trinajstić information content (AvgIpc) is 2.87. The van der Waals surface area contributed by atoms with Crippen LogP contribution in [0.15, 0.2) is 4.99 Å². The van der Waals surface area contributed by atoms with Gasteiger partial charge in [-0.25, -0.2) is 0 Å². The van der Waals surface area contributed by atoms with Crippen LogP contribution in [0.25, 0.3) is 0 Å². The average molecular weight is 235 g/mol. The van der Waals surface area contributed by atoms with Crippen LogP contribution in [-0.2, 0) is 0 Å². The molecule has 0 heterocycles. The Morgan fingerprint density at radius 1 is 1.38 bits per heavy atom. The molecule has 0 aliphatic heterocycles. The molecule has 3 nitrogen and oxygen atoms in total. The van der Waals surface area contributed by atoms with Crippen LogP contribution in [0.5, 0.6) is 0 Å². The van der Waals surface area contributed by atoms with Crippen molar-refractivity contribution in [3.05, 3.63) is 0 Å². The Hall–Kier alpha value is -0.940. The number of alkyl halides is 3. The van der Waals surface area contributed by atoms with E-state index in [1.165, 1.54) is 0 Å². The second-order valence-electron chi connectivity index (χ2n) is 4.75. The molecule has 2 rings (SSSR count). The molecule has 0 aromatic rings. The van der Waals surface area contributed by atoms with Crippen LogP contribution in [0.2, 0.25) is 0 Å². The maximum Gasteiger partial charge on any atom is 0.396 e. The van der Waals surface area contributed by atoms with Crippen LogP contribution in [0, 0.1) is 5.41 Å². The first-order valence-corrected chi connectivity index (χ1v) is 5.56. The van der Waals surface area contributed by atoms with Crippen molar-refractivity contribution < 1.29 is 13.2 Å². The molecule has 16 heavy (non-hydrogen) atoms. The number of nitrogens with one attached hydrogen (secondary N) is 1. The number of hydrogen-bond acceptors (Lipinski definition) is 1. The molecule has 0 unspecified atom stereocenters. The standard InChI is InChI=1S/C10H16F3N3/c11-10(12,13)9(4-5-9)6-15-8(14)16-7-2-1-3-7/h7H,1-6H2,(H3,14,15,16). The Morgan fingerprint density at radius 3 is 2.38 bits per heavy atom. The molecule has 2 aliphatic carbocycles. The summed E-state index contributed by atoms with van der Waals surface area (Å²) >= 11 is 0. The van der Waals surface area contributed by atoms with Gasteiger partial charge in [0, 0.05) is 6.04 Å². The highest BCUT2D eigenvalue weighted by molar-refractivity contribution is 5.78. The topological polar surface area (TPSA) is 50.4 Å². The van der Waals surface area contributed by atoms with Gasteiger partial charge in [-0.3, -0.25) is 4.99 Å². The predicted octanol–water partition coefficient (Wildman–Crippen LogP) is 1.79. The normalized spacial score (nSPS) is 25.1. The molecular formula is C10H16F3N3. The van der Waals surface area contributed by atoms with Crippen molar-refractivity contribution in [2.24, 2.45) is 16.1 Å². The minimum absolute atomic E-state index is 0.153. The van der Waals surface area contributed by atoms with Crippen molar-refractivity contribution in [1.82, 2.24) is 5.32 Å². The first-order valence-electron chi connectivity index (χ1n) is 5.56. The van der Waals surface area contributed by atoms with Crippen LogP contribution in [0.4, 0.5) is 13.2 Å². The van der Waals surface area contributed by atoms with Gasteiger partial charge in [0.05, 0.1) is 12.0 Å². The lowest BCUT2D eigenvalue weighted by Crippen LogP contribution is -2.44. The van der Waals surface area contributed by atoms with Gasteiger partial charge in [-0.2, -0.15) is 13.2 Å². The van der Waals surface area contributed by atoms with Crippen LogP contribution in [0.1, 0.15) is 32.1 Å². The van der Waals surface area contributed by atoms with E-state index in [2.05, 4.69) is 10.3 Å². The minimum Gasteiger partial charge on any atom is -0.370 e. The molecule has 2 fully saturated rings. The van der Waals surface area contributed by atoms with Crippen molar-refractivity contribution >= 4 is 5.96 Å². The van der Waals surface area contributed by atoms with Gasteiger partial charge in [0.25, 0.3) is 0 Å². The van der Waals surface area contributed by atoms with E-state index in [-0.39, 0.29) is 25.3 Å². The van der Waals surface area contributed by atoms with Gasteiger partial charge in [0.15, 0.2) is 5.96 Å². The lowest BCUT2D eigenvalue weighted by Gasteiger charge is -2.27. The molecular weight excluding hydrogens is 219 g/mol. The van der Waals surface area contributed by atoms with E-state index in [4.69, 9.17) is 5.73 Å². The summed E-state index contributed by atoms with van der Waals surface area (Å²) in [5.74, 6) is 0.153. The summed E-state index contributed by atoms with van der Waals surface area (Å²) in [6.07, 6.45) is -0.584. The number of guanidine groups is 1. The highest BCUT2D eigenvalue weighted by Gasteiger charge is 2.63. The first kappa shape index (κ1) is 11.5. The van der Waals surface area contributed by atoms with Crippen LogP contribution in [0.3, 0.4) is 0 Å². The monoisotopic (exact) mass is 235 g/mol. The second-order valence-corrected chi connectivity index (χ2v) is 4.75. The number of nitrogens with two attached hydrogens (primary N) is 1. The largest absolute Gasteiger partial charge is 0.396 e. The van der Waals surface area contributed by atoms with Crippen LogP contribution < -0.4 is 11.1 Å². The highest BCUT2D eigenvalue weighted by Crippen LogP contribution is 2.57. The zero-order valence-corrected chi connectivity index (χ0v) is 8.98. The summed E-state index contributed by atoms with van der Waals surface area (Å²) < 4.78 is 37.7. The van der Waals surface area contributed by atoms with E-state index < -0.39 is 11.6 Å². The molecule has 0 amide bonds. The van der Waals surface area contributed by atoms with Crippen molar-refractivity contribution in [1.29, 1.82) is 0 Å². The molecule has 0 aromatic carbocycles. The zero-order chi connectivity index (χ0) is 11.8. The fourth-order valence-electron chi connectivity index (χ4n) is 1.73. The third kappa shape index (κ3) is 2.25. The fourth-order valence-corrected chi connectivity index (χ4v) is 1.73. The van der Waals surface area contributed by atoms with E-state index in [0.717, 1.165) is 19.3 Å². The Kier molecular flexibility index (Phi) is 2.75. The SMILES string of the molecule is NC(=NCC1(C(F)(F)F)CC1)NC1CCC1. The summed E-state index contributed by atoms with van der Waals surface area (Å²) in [6, 6.07) is 0.310. The van der Waals surface area contributed by atoms with Crippen LogP contribution >= 0.6 is 0 Å². The summed E-state index contributed by atoms with van der Waals surface area (Å²) in [7, 11) is 0. The van der Waals surface area contributed by atoms with Crippen LogP contribution in [-0.4, -0.2) is 24.7 Å². The lowest BCUT2D eigenvalue weighted by molar-refractivity contribution is -0.183. The Balaban J connectivity index is 1.83. The van der Waals surface area contributed by atoms with Crippen molar-refractivity contribution in [2.45, 2.75) is 44.3 Å². The third-order valence-electron chi connectivity index (χ3n) is 3.46. The quantitative estimate of drug-likeness (QED) is 0.578. The van der Waals surface area contributed by atoms with Gasteiger partial charge < -0.3 is 11.1 Å². The Morgan fingerprint density at radius 2 is 2.00 bits per heavy atom. The van der Waals surface area contributed by atoms with Crippen molar-refractivity contribution in [3.8, 4) is 0 Å². The number of hydrogen-bond donors (Lipinski definition) is 2. The Labute approximate surface area is 92.3 Å². The number of halogens is 3. The zero-order valence-electron chi connectivity index (χ0n) is 8.98. The van der Waals surface area contributed by atoms with Gasteiger partial charge in [0.1, 0.15) is 0 Å². The molecule has 3 N–H and O–H groups in total. The van der Waals surface area contributed by atoms with E-state index in [0.29, 0.717) is 6.04 Å². The molecule has 0 aromatic heterocycles. The maximum absolute atomic E-state index is 12.6. The maximum atomic E-state index is 12.6. The smallest absolute Gasteiger partial charge is 0.370 e. The van der Waals surface area contributed by atoms with E-state index in [9.17, 15) is 13.2 Å². The fraction of sp³-hybridized carbons (Fsp3) is 0.900. The second kappa shape index (κ2) is 3.82. The number of rotatable bonds is 3. The van der Waals surface area contributed by atoms with Gasteiger partial charge in [-0.15, -0.1) is 0 Å². The van der Waals surface area contributed by atoms with Gasteiger partial charge >= 0.3 is 6.18 Å². The third-order valence-corrected chi connectivity index (χ3v) is 3.46. The van der Waals surface area contributed by atoms with Crippen molar-refractivity contribution in [2.75, 3.05) is 6.54 Å². The lowest BCUT2D eigenvalue weighted by atomic mass is 9.93. The molecule has 0 spiro atoms. The predicted molar refractivity (Wildman–Crippen MR) is 55.0 cm³/mol. The number of nitrogens with zero attached hydrogens (tertiary/aromatic N) is 1. The molecule has 0 radical (unpaired) electrons. The van der Waals surface area contributed by atoms with E-state index in [1.54, 1.807) is 0 Å². The first-order chi connectivity index (χ1) is 7.43. The number of aliphatic imine (C=N–C) groups is 1. The molecule has 0 bridgehead atoms. The molecule has 2 aliphatic rings. The molecule has 0 atom stereocenters. The summed E-state index contributed by atoms with van der Waals surface area (Å²) in [5.41, 5.74) is 3.95. The van der Waals surface area contributed by atoms with Gasteiger partial charge in [-0.1, -0.05) is 0 Å². The van der Waals surface area contributed by atoms with Gasteiger partial charge in [-0.05, 0) is 32.1 Å². The summed E-state index contributed by atoms with van der Waals surface area (Å²) in [5, 5.41) is 2.93. The van der Waals surface area contributed by atoms with E-state index in [1.807, 2.05) is 0 Å².